The fourth-order valence-corrected chi connectivity index (χ4v) is 2.89. The first-order valence-corrected chi connectivity index (χ1v) is 7.47. The summed E-state index contributed by atoms with van der Waals surface area (Å²) in [5.41, 5.74) is 0.593. The molecule has 1 atom stereocenters. The highest BCUT2D eigenvalue weighted by Gasteiger charge is 2.31. The Morgan fingerprint density at radius 3 is 2.57 bits per heavy atom. The van der Waals surface area contributed by atoms with E-state index in [0.29, 0.717) is 22.9 Å². The lowest BCUT2D eigenvalue weighted by atomic mass is 9.90. The molecule has 0 unspecified atom stereocenters. The number of rotatable bonds is 3. The lowest BCUT2D eigenvalue weighted by molar-refractivity contribution is -0.274. The number of carbonyl (C=O) groups excluding carboxylic acids is 1. The molecule has 23 heavy (non-hydrogen) atoms. The second-order valence-corrected chi connectivity index (χ2v) is 5.68. The maximum absolute atomic E-state index is 12.5. The molecule has 1 fully saturated rings. The smallest absolute Gasteiger partial charge is 0.406 e. The van der Waals surface area contributed by atoms with E-state index in [9.17, 15) is 18.0 Å². The van der Waals surface area contributed by atoms with Crippen LogP contribution in [0.1, 0.15) is 23.2 Å². The van der Waals surface area contributed by atoms with Crippen LogP contribution in [0.15, 0.2) is 36.4 Å². The van der Waals surface area contributed by atoms with Gasteiger partial charge >= 0.3 is 6.36 Å². The van der Waals surface area contributed by atoms with Crippen molar-refractivity contribution in [3.8, 4) is 5.75 Å². The molecule has 0 amide bonds. The van der Waals surface area contributed by atoms with Gasteiger partial charge in [-0.2, -0.15) is 0 Å². The van der Waals surface area contributed by atoms with Gasteiger partial charge in [0.25, 0.3) is 0 Å². The summed E-state index contributed by atoms with van der Waals surface area (Å²) in [5, 5.41) is 4.53. The Kier molecular flexibility index (Phi) is 4.26. The number of alkyl halides is 3. The molecule has 0 spiro atoms. The van der Waals surface area contributed by atoms with Gasteiger partial charge < -0.3 is 10.1 Å². The number of hydrogen-bond acceptors (Lipinski definition) is 3. The summed E-state index contributed by atoms with van der Waals surface area (Å²) in [6.45, 7) is 1.61. The largest absolute Gasteiger partial charge is 0.573 e. The number of piperidine rings is 1. The minimum Gasteiger partial charge on any atom is -0.406 e. The van der Waals surface area contributed by atoms with Crippen LogP contribution in [0.3, 0.4) is 0 Å². The van der Waals surface area contributed by atoms with Crippen LogP contribution < -0.4 is 10.1 Å². The van der Waals surface area contributed by atoms with Crippen molar-refractivity contribution in [2.75, 3.05) is 13.1 Å². The van der Waals surface area contributed by atoms with Gasteiger partial charge in [-0.1, -0.05) is 18.2 Å². The summed E-state index contributed by atoms with van der Waals surface area (Å²) in [6.07, 6.45) is -2.87. The molecular weight excluding hydrogens is 307 g/mol. The van der Waals surface area contributed by atoms with Crippen molar-refractivity contribution in [2.24, 2.45) is 5.92 Å². The average molecular weight is 323 g/mol. The first-order valence-electron chi connectivity index (χ1n) is 7.47. The average Bonchev–Trinajstić information content (AvgIpc) is 2.53. The van der Waals surface area contributed by atoms with Crippen LogP contribution in [0.5, 0.6) is 5.75 Å². The van der Waals surface area contributed by atoms with Crippen LogP contribution >= 0.6 is 0 Å². The van der Waals surface area contributed by atoms with Crippen LogP contribution in [0, 0.1) is 5.92 Å². The zero-order valence-corrected chi connectivity index (χ0v) is 12.3. The maximum Gasteiger partial charge on any atom is 0.573 e. The second kappa shape index (κ2) is 6.20. The summed E-state index contributed by atoms with van der Waals surface area (Å²) in [7, 11) is 0. The van der Waals surface area contributed by atoms with Crippen molar-refractivity contribution in [2.45, 2.75) is 19.2 Å². The Bertz CT molecular complexity index is 721. The Morgan fingerprint density at radius 1 is 1.13 bits per heavy atom. The number of ether oxygens (including phenoxy) is 1. The Hall–Kier alpha value is -2.08. The van der Waals surface area contributed by atoms with E-state index in [-0.39, 0.29) is 17.5 Å². The summed E-state index contributed by atoms with van der Waals surface area (Å²) >= 11 is 0. The predicted octanol–water partition coefficient (Wildman–Crippen LogP) is 3.92. The molecule has 0 bridgehead atoms. The number of benzene rings is 2. The third kappa shape index (κ3) is 3.82. The molecule has 0 saturated carbocycles. The summed E-state index contributed by atoms with van der Waals surface area (Å²) in [5.74, 6) is -0.218. The standard InChI is InChI=1S/C17H16F3NO2/c18-17(19,20)23-15-6-5-11-8-13(4-3-12(11)9-15)16(22)14-2-1-7-21-10-14/h3-6,8-9,14,21H,1-2,7,10H2/t14-/m1/s1. The molecular formula is C17H16F3NO2. The van der Waals surface area contributed by atoms with Crippen molar-refractivity contribution in [3.63, 3.8) is 0 Å². The van der Waals surface area contributed by atoms with Crippen LogP contribution in [0.25, 0.3) is 10.8 Å². The molecule has 1 heterocycles. The van der Waals surface area contributed by atoms with Gasteiger partial charge in [-0.15, -0.1) is 13.2 Å². The van der Waals surface area contributed by atoms with Gasteiger partial charge in [-0.05, 0) is 48.4 Å². The van der Waals surface area contributed by atoms with Crippen LogP contribution in [-0.2, 0) is 0 Å². The Labute approximate surface area is 131 Å². The highest BCUT2D eigenvalue weighted by Crippen LogP contribution is 2.28. The van der Waals surface area contributed by atoms with E-state index in [4.69, 9.17) is 0 Å². The number of Topliss-reactive ketones (excluding diaryl/α,β-unsaturated/α-hetero) is 1. The highest BCUT2D eigenvalue weighted by molar-refractivity contribution is 6.01. The minimum absolute atomic E-state index is 0.0333. The van der Waals surface area contributed by atoms with Gasteiger partial charge in [-0.25, -0.2) is 0 Å². The third-order valence-electron chi connectivity index (χ3n) is 4.00. The zero-order valence-electron chi connectivity index (χ0n) is 12.3. The molecule has 2 aromatic carbocycles. The van der Waals surface area contributed by atoms with Gasteiger partial charge in [0.2, 0.25) is 0 Å². The topological polar surface area (TPSA) is 38.3 Å². The molecule has 1 aliphatic rings. The van der Waals surface area contributed by atoms with Gasteiger partial charge in [0, 0.05) is 18.0 Å². The quantitative estimate of drug-likeness (QED) is 0.870. The predicted molar refractivity (Wildman–Crippen MR) is 80.6 cm³/mol. The lowest BCUT2D eigenvalue weighted by Crippen LogP contribution is -2.34. The van der Waals surface area contributed by atoms with Crippen LogP contribution in [0.2, 0.25) is 0 Å². The van der Waals surface area contributed by atoms with Crippen LogP contribution in [-0.4, -0.2) is 25.2 Å². The van der Waals surface area contributed by atoms with Crippen molar-refractivity contribution in [3.05, 3.63) is 42.0 Å². The molecule has 0 aromatic heterocycles. The Balaban J connectivity index is 1.84. The molecule has 1 saturated heterocycles. The molecule has 6 heteroatoms. The summed E-state index contributed by atoms with van der Waals surface area (Å²) in [4.78, 5) is 12.5. The lowest BCUT2D eigenvalue weighted by Gasteiger charge is -2.21. The molecule has 0 aliphatic carbocycles. The molecule has 3 rings (SSSR count). The fraction of sp³-hybridized carbons (Fsp3) is 0.353. The highest BCUT2D eigenvalue weighted by atomic mass is 19.4. The minimum atomic E-state index is -4.71. The number of fused-ring (bicyclic) bond motifs is 1. The van der Waals surface area contributed by atoms with Crippen molar-refractivity contribution in [1.82, 2.24) is 5.32 Å². The number of hydrogen-bond donors (Lipinski definition) is 1. The number of nitrogens with one attached hydrogen (secondary N) is 1. The summed E-state index contributed by atoms with van der Waals surface area (Å²) in [6, 6.07) is 9.15. The molecule has 122 valence electrons. The second-order valence-electron chi connectivity index (χ2n) is 5.68. The van der Waals surface area contributed by atoms with Crippen molar-refractivity contribution in [1.29, 1.82) is 0 Å². The fourth-order valence-electron chi connectivity index (χ4n) is 2.89. The van der Waals surface area contributed by atoms with E-state index in [1.165, 1.54) is 18.2 Å². The van der Waals surface area contributed by atoms with Gasteiger partial charge in [0.1, 0.15) is 5.75 Å². The van der Waals surface area contributed by atoms with Gasteiger partial charge in [-0.3, -0.25) is 4.79 Å². The number of ketones is 1. The molecule has 2 aromatic rings. The first-order chi connectivity index (χ1) is 10.9. The summed E-state index contributed by atoms with van der Waals surface area (Å²) < 4.78 is 40.6. The van der Waals surface area contributed by atoms with E-state index >= 15 is 0 Å². The molecule has 0 radical (unpaired) electrons. The number of halogens is 3. The van der Waals surface area contributed by atoms with Crippen molar-refractivity contribution < 1.29 is 22.7 Å². The van der Waals surface area contributed by atoms with E-state index in [2.05, 4.69) is 10.1 Å². The van der Waals surface area contributed by atoms with Crippen LogP contribution in [0.4, 0.5) is 13.2 Å². The first kappa shape index (κ1) is 15.8. The molecule has 1 N–H and O–H groups in total. The molecule has 3 nitrogen and oxygen atoms in total. The van der Waals surface area contributed by atoms with Gasteiger partial charge in [0.05, 0.1) is 0 Å². The monoisotopic (exact) mass is 323 g/mol. The zero-order chi connectivity index (χ0) is 16.4. The maximum atomic E-state index is 12.5. The normalized spacial score (nSPS) is 18.8. The van der Waals surface area contributed by atoms with E-state index in [0.717, 1.165) is 19.4 Å². The SMILES string of the molecule is O=C(c1ccc2cc(OC(F)(F)F)ccc2c1)[C@@H]1CCCNC1. The van der Waals surface area contributed by atoms with E-state index in [1.807, 2.05) is 0 Å². The van der Waals surface area contributed by atoms with Gasteiger partial charge in [0.15, 0.2) is 5.78 Å². The molecule has 1 aliphatic heterocycles. The van der Waals surface area contributed by atoms with E-state index < -0.39 is 6.36 Å². The number of carbonyl (C=O) groups is 1. The Morgan fingerprint density at radius 2 is 1.87 bits per heavy atom. The van der Waals surface area contributed by atoms with E-state index in [1.54, 1.807) is 18.2 Å². The van der Waals surface area contributed by atoms with Crippen molar-refractivity contribution >= 4 is 16.6 Å². The third-order valence-corrected chi connectivity index (χ3v) is 4.00.